The van der Waals surface area contributed by atoms with E-state index < -0.39 is 0 Å². The summed E-state index contributed by atoms with van der Waals surface area (Å²) < 4.78 is 1.89. The number of rotatable bonds is 5. The van der Waals surface area contributed by atoms with Gasteiger partial charge in [0.1, 0.15) is 0 Å². The lowest BCUT2D eigenvalue weighted by Gasteiger charge is -2.05. The third kappa shape index (κ3) is 2.90. The Hall–Kier alpha value is -1.68. The molecule has 4 heteroatoms. The molecule has 2 aromatic rings. The monoisotopic (exact) mass is 216 g/mol. The van der Waals surface area contributed by atoms with Crippen LogP contribution in [0.15, 0.2) is 36.8 Å². The summed E-state index contributed by atoms with van der Waals surface area (Å²) in [5.74, 6) is 0. The van der Waals surface area contributed by atoms with Crippen molar-refractivity contribution >= 4 is 0 Å². The van der Waals surface area contributed by atoms with Gasteiger partial charge in [-0.1, -0.05) is 0 Å². The molecule has 2 rings (SSSR count). The molecule has 1 N–H and O–H groups in total. The summed E-state index contributed by atoms with van der Waals surface area (Å²) >= 11 is 0. The van der Waals surface area contributed by atoms with Crippen molar-refractivity contribution in [1.82, 2.24) is 20.1 Å². The first-order chi connectivity index (χ1) is 7.86. The van der Waals surface area contributed by atoms with Crippen LogP contribution in [0.1, 0.15) is 11.3 Å². The summed E-state index contributed by atoms with van der Waals surface area (Å²) in [5.41, 5.74) is 2.52. The van der Waals surface area contributed by atoms with Crippen LogP contribution in [0.2, 0.25) is 0 Å². The van der Waals surface area contributed by atoms with Crippen molar-refractivity contribution < 1.29 is 0 Å². The first-order valence-corrected chi connectivity index (χ1v) is 5.43. The van der Waals surface area contributed by atoms with Crippen LogP contribution in [0.3, 0.4) is 0 Å². The number of hydrogen-bond donors (Lipinski definition) is 1. The lowest BCUT2D eigenvalue weighted by atomic mass is 10.2. The largest absolute Gasteiger partial charge is 0.311 e. The third-order valence-corrected chi connectivity index (χ3v) is 2.57. The molecular weight excluding hydrogens is 200 g/mol. The minimum Gasteiger partial charge on any atom is -0.311 e. The molecular formula is C12H16N4. The van der Waals surface area contributed by atoms with Gasteiger partial charge < -0.3 is 5.32 Å². The zero-order valence-electron chi connectivity index (χ0n) is 9.43. The van der Waals surface area contributed by atoms with E-state index in [4.69, 9.17) is 0 Å². The van der Waals surface area contributed by atoms with Gasteiger partial charge >= 0.3 is 0 Å². The zero-order valence-corrected chi connectivity index (χ0v) is 9.43. The Kier molecular flexibility index (Phi) is 3.66. The average molecular weight is 216 g/mol. The van der Waals surface area contributed by atoms with E-state index in [1.807, 2.05) is 48.5 Å². The van der Waals surface area contributed by atoms with E-state index in [0.717, 1.165) is 19.5 Å². The van der Waals surface area contributed by atoms with Gasteiger partial charge in [0.2, 0.25) is 0 Å². The summed E-state index contributed by atoms with van der Waals surface area (Å²) in [4.78, 5) is 3.99. The van der Waals surface area contributed by atoms with Crippen molar-refractivity contribution in [2.45, 2.75) is 13.0 Å². The van der Waals surface area contributed by atoms with Gasteiger partial charge in [-0.3, -0.25) is 9.67 Å². The molecule has 0 saturated heterocycles. The second-order valence-corrected chi connectivity index (χ2v) is 3.73. The van der Waals surface area contributed by atoms with Gasteiger partial charge in [-0.25, -0.2) is 0 Å². The smallest absolute Gasteiger partial charge is 0.0518 e. The standard InChI is InChI=1S/C12H16N4/c1-16-12(5-9-15-16)10-14-8-4-11-2-6-13-7-3-11/h2-3,5-7,9,14H,4,8,10H2,1H3. The van der Waals surface area contributed by atoms with Crippen molar-refractivity contribution in [2.24, 2.45) is 7.05 Å². The van der Waals surface area contributed by atoms with Gasteiger partial charge in [0.25, 0.3) is 0 Å². The Labute approximate surface area is 95.3 Å². The Bertz CT molecular complexity index is 422. The van der Waals surface area contributed by atoms with Crippen LogP contribution in [0.25, 0.3) is 0 Å². The predicted molar refractivity (Wildman–Crippen MR) is 62.9 cm³/mol. The molecule has 0 fully saturated rings. The lowest BCUT2D eigenvalue weighted by Crippen LogP contribution is -2.18. The number of nitrogens with one attached hydrogen (secondary N) is 1. The van der Waals surface area contributed by atoms with Crippen molar-refractivity contribution in [1.29, 1.82) is 0 Å². The average Bonchev–Trinajstić information content (AvgIpc) is 2.72. The number of aryl methyl sites for hydroxylation is 1. The molecule has 0 amide bonds. The number of pyridine rings is 1. The topological polar surface area (TPSA) is 42.7 Å². The molecule has 2 aromatic heterocycles. The van der Waals surface area contributed by atoms with E-state index in [-0.39, 0.29) is 0 Å². The van der Waals surface area contributed by atoms with Crippen LogP contribution >= 0.6 is 0 Å². The van der Waals surface area contributed by atoms with Crippen LogP contribution in [0.5, 0.6) is 0 Å². The highest BCUT2D eigenvalue weighted by Crippen LogP contribution is 1.98. The van der Waals surface area contributed by atoms with Gasteiger partial charge in [0, 0.05) is 32.2 Å². The first kappa shape index (κ1) is 10.8. The minimum absolute atomic E-state index is 0.863. The maximum absolute atomic E-state index is 4.12. The van der Waals surface area contributed by atoms with Gasteiger partial charge in [-0.2, -0.15) is 5.10 Å². The Morgan fingerprint density at radius 3 is 2.69 bits per heavy atom. The van der Waals surface area contributed by atoms with E-state index in [9.17, 15) is 0 Å². The Balaban J connectivity index is 1.72. The van der Waals surface area contributed by atoms with Crippen molar-refractivity contribution in [3.8, 4) is 0 Å². The summed E-state index contributed by atoms with van der Waals surface area (Å²) in [5, 5.41) is 7.52. The van der Waals surface area contributed by atoms with E-state index in [2.05, 4.69) is 15.4 Å². The second kappa shape index (κ2) is 5.42. The van der Waals surface area contributed by atoms with Crippen molar-refractivity contribution in [3.05, 3.63) is 48.0 Å². The van der Waals surface area contributed by atoms with E-state index in [1.165, 1.54) is 11.3 Å². The second-order valence-electron chi connectivity index (χ2n) is 3.73. The van der Waals surface area contributed by atoms with Crippen molar-refractivity contribution in [2.75, 3.05) is 6.54 Å². The van der Waals surface area contributed by atoms with E-state index in [1.54, 1.807) is 0 Å². The SMILES string of the molecule is Cn1nccc1CNCCc1ccncc1. The molecule has 0 bridgehead atoms. The number of aromatic nitrogens is 3. The fourth-order valence-corrected chi connectivity index (χ4v) is 1.57. The van der Waals surface area contributed by atoms with Crippen LogP contribution < -0.4 is 5.32 Å². The van der Waals surface area contributed by atoms with Crippen LogP contribution in [0.4, 0.5) is 0 Å². The molecule has 0 spiro atoms. The maximum atomic E-state index is 4.12. The van der Waals surface area contributed by atoms with E-state index >= 15 is 0 Å². The van der Waals surface area contributed by atoms with E-state index in [0.29, 0.717) is 0 Å². The molecule has 0 unspecified atom stereocenters. The van der Waals surface area contributed by atoms with Crippen LogP contribution in [-0.2, 0) is 20.0 Å². The van der Waals surface area contributed by atoms with Gasteiger partial charge in [0.05, 0.1) is 5.69 Å². The summed E-state index contributed by atoms with van der Waals surface area (Å²) in [6, 6.07) is 6.12. The number of nitrogens with zero attached hydrogens (tertiary/aromatic N) is 3. The summed E-state index contributed by atoms with van der Waals surface area (Å²) in [6.07, 6.45) is 6.51. The zero-order chi connectivity index (χ0) is 11.2. The predicted octanol–water partition coefficient (Wildman–Crippen LogP) is 1.15. The molecule has 0 aliphatic rings. The number of hydrogen-bond acceptors (Lipinski definition) is 3. The summed E-state index contributed by atoms with van der Waals surface area (Å²) in [6.45, 7) is 1.83. The molecule has 4 nitrogen and oxygen atoms in total. The lowest BCUT2D eigenvalue weighted by molar-refractivity contribution is 0.625. The van der Waals surface area contributed by atoms with Gasteiger partial charge in [0.15, 0.2) is 0 Å². The normalized spacial score (nSPS) is 10.6. The first-order valence-electron chi connectivity index (χ1n) is 5.43. The highest BCUT2D eigenvalue weighted by Gasteiger charge is 1.97. The van der Waals surface area contributed by atoms with Crippen LogP contribution in [0, 0.1) is 0 Å². The molecule has 0 saturated carbocycles. The summed E-state index contributed by atoms with van der Waals surface area (Å²) in [7, 11) is 1.96. The molecule has 0 atom stereocenters. The quantitative estimate of drug-likeness (QED) is 0.762. The molecule has 0 aliphatic heterocycles. The van der Waals surface area contributed by atoms with Crippen LogP contribution in [-0.4, -0.2) is 21.3 Å². The van der Waals surface area contributed by atoms with Gasteiger partial charge in [-0.15, -0.1) is 0 Å². The molecule has 0 aliphatic carbocycles. The molecule has 0 radical (unpaired) electrons. The van der Waals surface area contributed by atoms with Gasteiger partial charge in [-0.05, 0) is 36.7 Å². The molecule has 0 aromatic carbocycles. The fourth-order valence-electron chi connectivity index (χ4n) is 1.57. The maximum Gasteiger partial charge on any atom is 0.0518 e. The fraction of sp³-hybridized carbons (Fsp3) is 0.333. The molecule has 84 valence electrons. The Morgan fingerprint density at radius 2 is 2.00 bits per heavy atom. The molecule has 2 heterocycles. The molecule has 16 heavy (non-hydrogen) atoms. The third-order valence-electron chi connectivity index (χ3n) is 2.57. The van der Waals surface area contributed by atoms with Crippen molar-refractivity contribution in [3.63, 3.8) is 0 Å². The highest BCUT2D eigenvalue weighted by molar-refractivity contribution is 5.10. The highest BCUT2D eigenvalue weighted by atomic mass is 15.3. The Morgan fingerprint density at radius 1 is 1.19 bits per heavy atom. The minimum atomic E-state index is 0.863.